The van der Waals surface area contributed by atoms with E-state index in [2.05, 4.69) is 15.0 Å². The summed E-state index contributed by atoms with van der Waals surface area (Å²) in [6.07, 6.45) is 3.18. The quantitative estimate of drug-likeness (QED) is 0.761. The topological polar surface area (TPSA) is 67.3 Å². The summed E-state index contributed by atoms with van der Waals surface area (Å²) >= 11 is 0. The lowest BCUT2D eigenvalue weighted by molar-refractivity contribution is -0.153. The molecule has 1 amide bonds. The number of ether oxygens (including phenoxy) is 1. The van der Waals surface area contributed by atoms with Gasteiger partial charge in [-0.1, -0.05) is 23.4 Å². The number of pyridine rings is 1. The molecule has 0 saturated carbocycles. The molecule has 4 rings (SSSR count). The number of hydrogen-bond donors (Lipinski definition) is 0. The number of aromatic nitrogens is 1. The molecule has 0 spiro atoms. The molecule has 0 radical (unpaired) electrons. The molecule has 30 heavy (non-hydrogen) atoms. The van der Waals surface area contributed by atoms with Crippen LogP contribution in [0.4, 0.5) is 0 Å². The minimum Gasteiger partial charge on any atom is -0.496 e. The van der Waals surface area contributed by atoms with Crippen molar-refractivity contribution in [3.05, 3.63) is 59.9 Å². The van der Waals surface area contributed by atoms with Gasteiger partial charge in [-0.25, -0.2) is 0 Å². The summed E-state index contributed by atoms with van der Waals surface area (Å²) in [5.41, 5.74) is 1.69. The Hall–Kier alpha value is -2.93. The molecule has 3 heterocycles. The molecule has 1 aromatic heterocycles. The van der Waals surface area contributed by atoms with Crippen molar-refractivity contribution >= 4 is 11.6 Å². The Morgan fingerprint density at radius 1 is 1.13 bits per heavy atom. The average Bonchev–Trinajstić information content (AvgIpc) is 3.04. The van der Waals surface area contributed by atoms with Crippen molar-refractivity contribution in [2.75, 3.05) is 33.3 Å². The van der Waals surface area contributed by atoms with Gasteiger partial charge in [-0.15, -0.1) is 0 Å². The molecule has 158 valence electrons. The Bertz CT molecular complexity index is 918. The molecule has 0 N–H and O–H groups in total. The highest BCUT2D eigenvalue weighted by Crippen LogP contribution is 2.32. The highest BCUT2D eigenvalue weighted by Gasteiger charge is 2.45. The largest absolute Gasteiger partial charge is 0.496 e. The Morgan fingerprint density at radius 3 is 2.77 bits per heavy atom. The first-order valence-corrected chi connectivity index (χ1v) is 10.4. The van der Waals surface area contributed by atoms with E-state index in [4.69, 9.17) is 9.57 Å². The van der Waals surface area contributed by atoms with Crippen LogP contribution in [0.1, 0.15) is 31.0 Å². The molecular weight excluding hydrogens is 380 g/mol. The zero-order valence-electron chi connectivity index (χ0n) is 17.6. The molecule has 0 aliphatic carbocycles. The summed E-state index contributed by atoms with van der Waals surface area (Å²) in [5, 5.41) is 4.25. The number of rotatable bonds is 5. The lowest BCUT2D eigenvalue weighted by Crippen LogP contribution is -2.48. The SMILES string of the molecule is COc1ccccc1C1=NOC(C)(C(=O)N2CCCN(Cc3ccccn3)CC2)C1. The van der Waals surface area contributed by atoms with Gasteiger partial charge in [0.1, 0.15) is 5.75 Å². The van der Waals surface area contributed by atoms with Gasteiger partial charge in [0.25, 0.3) is 5.91 Å². The normalized spacial score (nSPS) is 22.2. The van der Waals surface area contributed by atoms with Crippen molar-refractivity contribution in [1.82, 2.24) is 14.8 Å². The van der Waals surface area contributed by atoms with Gasteiger partial charge < -0.3 is 14.5 Å². The maximum Gasteiger partial charge on any atom is 0.269 e. The summed E-state index contributed by atoms with van der Waals surface area (Å²) in [6, 6.07) is 13.7. The van der Waals surface area contributed by atoms with Crippen molar-refractivity contribution in [3.8, 4) is 5.75 Å². The van der Waals surface area contributed by atoms with Crippen LogP contribution >= 0.6 is 0 Å². The van der Waals surface area contributed by atoms with Gasteiger partial charge >= 0.3 is 0 Å². The van der Waals surface area contributed by atoms with Crippen molar-refractivity contribution < 1.29 is 14.4 Å². The van der Waals surface area contributed by atoms with Crippen LogP contribution in [0.15, 0.2) is 53.8 Å². The fraction of sp³-hybridized carbons (Fsp3) is 0.435. The van der Waals surface area contributed by atoms with E-state index in [1.54, 1.807) is 7.11 Å². The average molecular weight is 409 g/mol. The van der Waals surface area contributed by atoms with Gasteiger partial charge in [-0.05, 0) is 37.6 Å². The molecule has 0 bridgehead atoms. The molecule has 1 saturated heterocycles. The smallest absolute Gasteiger partial charge is 0.269 e. The number of carbonyl (C=O) groups is 1. The second kappa shape index (κ2) is 8.83. The maximum atomic E-state index is 13.3. The standard InChI is InChI=1S/C23H28N4O3/c1-23(16-20(25-30-23)19-9-3-4-10-21(19)29-2)22(28)27-13-7-12-26(14-15-27)17-18-8-5-6-11-24-18/h3-6,8-11H,7,12-17H2,1-2H3. The van der Waals surface area contributed by atoms with Crippen molar-refractivity contribution in [2.45, 2.75) is 31.9 Å². The van der Waals surface area contributed by atoms with Crippen molar-refractivity contribution in [3.63, 3.8) is 0 Å². The summed E-state index contributed by atoms with van der Waals surface area (Å²) in [6.45, 7) is 5.80. The van der Waals surface area contributed by atoms with Gasteiger partial charge in [0.2, 0.25) is 5.60 Å². The predicted molar refractivity (Wildman–Crippen MR) is 114 cm³/mol. The Kier molecular flexibility index (Phi) is 5.99. The van der Waals surface area contributed by atoms with Crippen LogP contribution in [0.25, 0.3) is 0 Å². The Morgan fingerprint density at radius 2 is 1.97 bits per heavy atom. The van der Waals surface area contributed by atoms with Gasteiger partial charge in [0.15, 0.2) is 0 Å². The van der Waals surface area contributed by atoms with E-state index in [0.717, 1.165) is 55.3 Å². The Balaban J connectivity index is 1.38. The first-order valence-electron chi connectivity index (χ1n) is 10.4. The molecule has 2 aliphatic heterocycles. The van der Waals surface area contributed by atoms with E-state index in [0.29, 0.717) is 13.0 Å². The van der Waals surface area contributed by atoms with E-state index >= 15 is 0 Å². The summed E-state index contributed by atoms with van der Waals surface area (Å²) < 4.78 is 5.44. The number of amides is 1. The number of nitrogens with zero attached hydrogens (tertiary/aromatic N) is 4. The van der Waals surface area contributed by atoms with E-state index in [1.807, 2.05) is 60.5 Å². The molecule has 1 aromatic carbocycles. The van der Waals surface area contributed by atoms with Crippen molar-refractivity contribution in [1.29, 1.82) is 0 Å². The number of hydrogen-bond acceptors (Lipinski definition) is 6. The summed E-state index contributed by atoms with van der Waals surface area (Å²) in [4.78, 5) is 27.7. The Labute approximate surface area is 177 Å². The molecule has 1 atom stereocenters. The minimum absolute atomic E-state index is 0.00386. The first-order chi connectivity index (χ1) is 14.6. The third kappa shape index (κ3) is 4.31. The van der Waals surface area contributed by atoms with Crippen LogP contribution in [0, 0.1) is 0 Å². The number of carbonyl (C=O) groups excluding carboxylic acids is 1. The van der Waals surface area contributed by atoms with Crippen LogP contribution in [-0.4, -0.2) is 65.3 Å². The second-order valence-corrected chi connectivity index (χ2v) is 7.98. The van der Waals surface area contributed by atoms with Crippen LogP contribution in [-0.2, 0) is 16.2 Å². The molecule has 7 nitrogen and oxygen atoms in total. The summed E-state index contributed by atoms with van der Waals surface area (Å²) in [7, 11) is 1.63. The summed E-state index contributed by atoms with van der Waals surface area (Å²) in [5.74, 6) is 0.729. The molecule has 1 fully saturated rings. The number of benzene rings is 1. The molecule has 1 unspecified atom stereocenters. The van der Waals surface area contributed by atoms with E-state index in [1.165, 1.54) is 0 Å². The second-order valence-electron chi connectivity index (χ2n) is 7.98. The molecule has 2 aromatic rings. The van der Waals surface area contributed by atoms with E-state index in [9.17, 15) is 4.79 Å². The fourth-order valence-electron chi connectivity index (χ4n) is 4.07. The van der Waals surface area contributed by atoms with Gasteiger partial charge in [-0.2, -0.15) is 0 Å². The first kappa shape index (κ1) is 20.3. The van der Waals surface area contributed by atoms with E-state index in [-0.39, 0.29) is 5.91 Å². The zero-order valence-corrected chi connectivity index (χ0v) is 17.6. The zero-order chi connectivity index (χ0) is 21.0. The molecule has 7 heteroatoms. The number of oxime groups is 1. The number of para-hydroxylation sites is 1. The van der Waals surface area contributed by atoms with Crippen molar-refractivity contribution in [2.24, 2.45) is 5.16 Å². The molecular formula is C23H28N4O3. The van der Waals surface area contributed by atoms with Crippen LogP contribution in [0.3, 0.4) is 0 Å². The van der Waals surface area contributed by atoms with Gasteiger partial charge in [0, 0.05) is 50.9 Å². The predicted octanol–water partition coefficient (Wildman–Crippen LogP) is 2.71. The van der Waals surface area contributed by atoms with Crippen LogP contribution < -0.4 is 4.74 Å². The van der Waals surface area contributed by atoms with Crippen LogP contribution in [0.5, 0.6) is 5.75 Å². The third-order valence-corrected chi connectivity index (χ3v) is 5.72. The fourth-order valence-corrected chi connectivity index (χ4v) is 4.07. The monoisotopic (exact) mass is 408 g/mol. The lowest BCUT2D eigenvalue weighted by atomic mass is 9.94. The highest BCUT2D eigenvalue weighted by molar-refractivity contribution is 6.07. The van der Waals surface area contributed by atoms with Crippen LogP contribution in [0.2, 0.25) is 0 Å². The molecule has 2 aliphatic rings. The number of methoxy groups -OCH3 is 1. The van der Waals surface area contributed by atoms with Gasteiger partial charge in [0.05, 0.1) is 18.5 Å². The van der Waals surface area contributed by atoms with Gasteiger partial charge in [-0.3, -0.25) is 14.7 Å². The lowest BCUT2D eigenvalue weighted by Gasteiger charge is -2.29. The highest BCUT2D eigenvalue weighted by atomic mass is 16.7. The van der Waals surface area contributed by atoms with E-state index < -0.39 is 5.60 Å². The minimum atomic E-state index is -0.980. The third-order valence-electron chi connectivity index (χ3n) is 5.72. The maximum absolute atomic E-state index is 13.3.